The minimum Gasteiger partial charge on any atom is -0.503 e. The molecule has 3 N–H and O–H groups in total. The lowest BCUT2D eigenvalue weighted by Crippen LogP contribution is -2.29. The molecule has 6 nitrogen and oxygen atoms in total. The van der Waals surface area contributed by atoms with Gasteiger partial charge in [0.05, 0.1) is 11.4 Å². The molecule has 0 radical (unpaired) electrons. The van der Waals surface area contributed by atoms with Gasteiger partial charge in [-0.05, 0) is 37.6 Å². The summed E-state index contributed by atoms with van der Waals surface area (Å²) < 4.78 is 56.6. The topological polar surface area (TPSA) is 91.6 Å². The monoisotopic (exact) mass is 424 g/mol. The van der Waals surface area contributed by atoms with E-state index in [0.29, 0.717) is 12.1 Å². The summed E-state index contributed by atoms with van der Waals surface area (Å²) in [5, 5.41) is 20.4. The van der Waals surface area contributed by atoms with Crippen LogP contribution in [0.15, 0.2) is 24.3 Å². The summed E-state index contributed by atoms with van der Waals surface area (Å²) in [5.41, 5.74) is -0.639. The zero-order valence-corrected chi connectivity index (χ0v) is 15.8. The van der Waals surface area contributed by atoms with Crippen LogP contribution < -0.4 is 5.32 Å². The number of aromatic nitrogens is 1. The first-order valence-corrected chi connectivity index (χ1v) is 8.70. The Labute approximate surface area is 167 Å². The van der Waals surface area contributed by atoms with Crippen molar-refractivity contribution in [3.63, 3.8) is 0 Å². The third kappa shape index (κ3) is 3.28. The SMILES string of the molecule is Cc1c(C(C)C(=O)NCO)c2c(F)c(O)c(F)cc2n1C(=O)c1ccc(F)c(F)c1. The Kier molecular flexibility index (Phi) is 5.53. The van der Waals surface area contributed by atoms with E-state index < -0.39 is 53.5 Å². The second-order valence-electron chi connectivity index (χ2n) is 6.60. The number of phenols is 1. The molecule has 0 bridgehead atoms. The van der Waals surface area contributed by atoms with Crippen molar-refractivity contribution in [2.45, 2.75) is 19.8 Å². The summed E-state index contributed by atoms with van der Waals surface area (Å²) in [6, 6.07) is 3.08. The van der Waals surface area contributed by atoms with E-state index in [2.05, 4.69) is 5.32 Å². The second kappa shape index (κ2) is 7.79. The van der Waals surface area contributed by atoms with Gasteiger partial charge in [-0.15, -0.1) is 0 Å². The highest BCUT2D eigenvalue weighted by molar-refractivity contribution is 6.05. The Balaban J connectivity index is 2.34. The van der Waals surface area contributed by atoms with Gasteiger partial charge in [0.15, 0.2) is 29.0 Å². The van der Waals surface area contributed by atoms with Crippen molar-refractivity contribution in [1.29, 1.82) is 0 Å². The first-order chi connectivity index (χ1) is 14.1. The number of benzene rings is 2. The number of rotatable bonds is 4. The van der Waals surface area contributed by atoms with Crippen molar-refractivity contribution in [3.8, 4) is 5.75 Å². The van der Waals surface area contributed by atoms with Crippen molar-refractivity contribution in [3.05, 3.63) is 64.4 Å². The molecule has 1 unspecified atom stereocenters. The van der Waals surface area contributed by atoms with Crippen LogP contribution in [0.1, 0.15) is 34.5 Å². The lowest BCUT2D eigenvalue weighted by molar-refractivity contribution is -0.123. The Morgan fingerprint density at radius 3 is 2.37 bits per heavy atom. The van der Waals surface area contributed by atoms with Crippen LogP contribution in [0.25, 0.3) is 10.9 Å². The lowest BCUT2D eigenvalue weighted by Gasteiger charge is -2.13. The van der Waals surface area contributed by atoms with E-state index >= 15 is 0 Å². The van der Waals surface area contributed by atoms with E-state index in [0.717, 1.165) is 16.7 Å². The van der Waals surface area contributed by atoms with E-state index in [1.165, 1.54) is 13.8 Å². The van der Waals surface area contributed by atoms with Gasteiger partial charge in [-0.1, -0.05) is 0 Å². The van der Waals surface area contributed by atoms with Gasteiger partial charge in [0.2, 0.25) is 5.91 Å². The molecule has 0 fully saturated rings. The van der Waals surface area contributed by atoms with Crippen molar-refractivity contribution >= 4 is 22.7 Å². The lowest BCUT2D eigenvalue weighted by atomic mass is 9.96. The van der Waals surface area contributed by atoms with Gasteiger partial charge >= 0.3 is 0 Å². The summed E-state index contributed by atoms with van der Waals surface area (Å²) in [7, 11) is 0. The summed E-state index contributed by atoms with van der Waals surface area (Å²) >= 11 is 0. The standard InChI is InChI=1S/C20H16F4N2O4/c1-8(19(29)25-7-27)15-9(2)26(14-6-13(23)18(28)17(24)16(14)15)20(30)10-3-4-11(21)12(22)5-10/h3-6,8,27-28H,7H2,1-2H3,(H,25,29). The number of hydrogen-bond donors (Lipinski definition) is 3. The van der Waals surface area contributed by atoms with Crippen LogP contribution in [-0.4, -0.2) is 33.3 Å². The summed E-state index contributed by atoms with van der Waals surface area (Å²) in [5.74, 6) is -9.27. The van der Waals surface area contributed by atoms with Crippen LogP contribution >= 0.6 is 0 Å². The summed E-state index contributed by atoms with van der Waals surface area (Å²) in [6.07, 6.45) is 0. The maximum atomic E-state index is 14.8. The van der Waals surface area contributed by atoms with E-state index in [9.17, 15) is 32.3 Å². The Bertz CT molecular complexity index is 1190. The van der Waals surface area contributed by atoms with Gasteiger partial charge in [0, 0.05) is 22.7 Å². The molecule has 0 aliphatic heterocycles. The number of amides is 1. The third-order valence-corrected chi connectivity index (χ3v) is 4.86. The third-order valence-electron chi connectivity index (χ3n) is 4.86. The van der Waals surface area contributed by atoms with Gasteiger partial charge in [-0.3, -0.25) is 14.2 Å². The van der Waals surface area contributed by atoms with Gasteiger partial charge in [0.25, 0.3) is 5.91 Å². The number of aliphatic hydroxyl groups is 1. The maximum absolute atomic E-state index is 14.8. The summed E-state index contributed by atoms with van der Waals surface area (Å²) in [4.78, 5) is 25.2. The maximum Gasteiger partial charge on any atom is 0.262 e. The Morgan fingerprint density at radius 2 is 1.77 bits per heavy atom. The molecule has 0 aliphatic carbocycles. The van der Waals surface area contributed by atoms with Crippen molar-refractivity contribution < 1.29 is 37.4 Å². The van der Waals surface area contributed by atoms with Crippen molar-refractivity contribution in [2.24, 2.45) is 0 Å². The molecule has 2 aromatic carbocycles. The number of phenolic OH excluding ortho intramolecular Hbond substituents is 1. The van der Waals surface area contributed by atoms with E-state index in [1.807, 2.05) is 0 Å². The number of fused-ring (bicyclic) bond motifs is 1. The highest BCUT2D eigenvalue weighted by Gasteiger charge is 2.30. The predicted molar refractivity (Wildman–Crippen MR) is 98.0 cm³/mol. The number of aromatic hydroxyl groups is 1. The van der Waals surface area contributed by atoms with Gasteiger partial charge in [-0.25, -0.2) is 17.6 Å². The molecular formula is C20H16F4N2O4. The molecular weight excluding hydrogens is 408 g/mol. The highest BCUT2D eigenvalue weighted by atomic mass is 19.2. The fourth-order valence-electron chi connectivity index (χ4n) is 3.42. The normalized spacial score (nSPS) is 12.2. The van der Waals surface area contributed by atoms with Crippen LogP contribution in [0.3, 0.4) is 0 Å². The van der Waals surface area contributed by atoms with Crippen LogP contribution in [0.4, 0.5) is 17.6 Å². The van der Waals surface area contributed by atoms with Crippen molar-refractivity contribution in [1.82, 2.24) is 9.88 Å². The molecule has 1 aromatic heterocycles. The minimum absolute atomic E-state index is 0.0178. The Morgan fingerprint density at radius 1 is 1.10 bits per heavy atom. The first kappa shape index (κ1) is 21.3. The second-order valence-corrected chi connectivity index (χ2v) is 6.60. The molecule has 158 valence electrons. The molecule has 30 heavy (non-hydrogen) atoms. The van der Waals surface area contributed by atoms with Crippen LogP contribution in [0.2, 0.25) is 0 Å². The van der Waals surface area contributed by atoms with Gasteiger partial charge in [-0.2, -0.15) is 0 Å². The molecule has 0 saturated carbocycles. The average Bonchev–Trinajstić information content (AvgIpc) is 2.99. The largest absolute Gasteiger partial charge is 0.503 e. The average molecular weight is 424 g/mol. The number of carbonyl (C=O) groups is 2. The molecule has 10 heteroatoms. The van der Waals surface area contributed by atoms with Gasteiger partial charge < -0.3 is 15.5 Å². The van der Waals surface area contributed by atoms with E-state index in [4.69, 9.17) is 5.11 Å². The van der Waals surface area contributed by atoms with Gasteiger partial charge in [0.1, 0.15) is 6.73 Å². The van der Waals surface area contributed by atoms with Crippen molar-refractivity contribution in [2.75, 3.05) is 6.73 Å². The molecule has 3 aromatic rings. The van der Waals surface area contributed by atoms with Crippen LogP contribution in [0, 0.1) is 30.2 Å². The highest BCUT2D eigenvalue weighted by Crippen LogP contribution is 2.38. The smallest absolute Gasteiger partial charge is 0.262 e. The fourth-order valence-corrected chi connectivity index (χ4v) is 3.42. The molecule has 0 aliphatic rings. The molecule has 1 heterocycles. The number of carbonyl (C=O) groups excluding carboxylic acids is 2. The Hall–Kier alpha value is -3.40. The number of halogens is 4. The molecule has 0 spiro atoms. The zero-order chi connectivity index (χ0) is 22.3. The molecule has 1 amide bonds. The number of nitrogens with one attached hydrogen (secondary N) is 1. The predicted octanol–water partition coefficient (Wildman–Crippen LogP) is 3.07. The quantitative estimate of drug-likeness (QED) is 0.444. The molecule has 3 rings (SSSR count). The molecule has 1 atom stereocenters. The minimum atomic E-state index is -1.39. The molecule has 0 saturated heterocycles. The number of hydrogen-bond acceptors (Lipinski definition) is 4. The first-order valence-electron chi connectivity index (χ1n) is 8.70. The van der Waals surface area contributed by atoms with E-state index in [1.54, 1.807) is 0 Å². The fraction of sp³-hybridized carbons (Fsp3) is 0.200. The van der Waals surface area contributed by atoms with E-state index in [-0.39, 0.29) is 27.7 Å². The van der Waals surface area contributed by atoms with Crippen LogP contribution in [0.5, 0.6) is 5.75 Å². The van der Waals surface area contributed by atoms with Crippen LogP contribution in [-0.2, 0) is 4.79 Å². The number of aliphatic hydroxyl groups excluding tert-OH is 1. The zero-order valence-electron chi connectivity index (χ0n) is 15.8. The number of nitrogens with zero attached hydrogens (tertiary/aromatic N) is 1. The summed E-state index contributed by atoms with van der Waals surface area (Å²) in [6.45, 7) is 2.01.